The van der Waals surface area contributed by atoms with E-state index in [1.165, 1.54) is 38.8 Å². The molecule has 0 bridgehead atoms. The Kier molecular flexibility index (Phi) is 7.85. The van der Waals surface area contributed by atoms with Gasteiger partial charge in [-0.3, -0.25) is 0 Å². The monoisotopic (exact) mass is 689 g/mol. The Balaban J connectivity index is 1.01. The average molecular weight is 690 g/mol. The van der Waals surface area contributed by atoms with Crippen molar-refractivity contribution in [2.45, 2.75) is 0 Å². The van der Waals surface area contributed by atoms with Gasteiger partial charge in [0.1, 0.15) is 11.2 Å². The Morgan fingerprint density at radius 1 is 0.259 bits per heavy atom. The first kappa shape index (κ1) is 31.6. The fourth-order valence-corrected chi connectivity index (χ4v) is 7.81. The van der Waals surface area contributed by atoms with Crippen LogP contribution in [0.3, 0.4) is 0 Å². The van der Waals surface area contributed by atoms with E-state index in [0.717, 1.165) is 55.5 Å². The molecule has 0 aliphatic heterocycles. The highest BCUT2D eigenvalue weighted by Gasteiger charge is 2.18. The minimum Gasteiger partial charge on any atom is -0.455 e. The smallest absolute Gasteiger partial charge is 0.143 e. The second kappa shape index (κ2) is 13.4. The van der Waals surface area contributed by atoms with Gasteiger partial charge in [0.15, 0.2) is 0 Å². The van der Waals surface area contributed by atoms with E-state index in [2.05, 4.69) is 217 Å². The average Bonchev–Trinajstić information content (AvgIpc) is 3.64. The van der Waals surface area contributed by atoms with Gasteiger partial charge in [0.25, 0.3) is 0 Å². The van der Waals surface area contributed by atoms with Crippen LogP contribution in [-0.2, 0) is 0 Å². The highest BCUT2D eigenvalue weighted by molar-refractivity contribution is 6.20. The molecule has 9 aromatic carbocycles. The van der Waals surface area contributed by atoms with Crippen LogP contribution in [-0.4, -0.2) is 0 Å². The first-order valence-electron chi connectivity index (χ1n) is 18.4. The Hall–Kier alpha value is -7.16. The third-order valence-electron chi connectivity index (χ3n) is 10.5. The van der Waals surface area contributed by atoms with Gasteiger partial charge in [-0.25, -0.2) is 0 Å². The molecule has 0 saturated heterocycles. The fourth-order valence-electron chi connectivity index (χ4n) is 7.81. The first-order chi connectivity index (χ1) is 26.8. The molecule has 0 N–H and O–H groups in total. The molecule has 0 amide bonds. The molecule has 0 spiro atoms. The van der Waals surface area contributed by atoms with Crippen molar-refractivity contribution in [1.82, 2.24) is 0 Å². The van der Waals surface area contributed by atoms with Gasteiger partial charge in [-0.2, -0.15) is 0 Å². The van der Waals surface area contributed by atoms with Crippen LogP contribution in [0.5, 0.6) is 0 Å². The van der Waals surface area contributed by atoms with Crippen LogP contribution in [0, 0.1) is 0 Å². The molecular weight excluding hydrogens is 655 g/mol. The number of para-hydroxylation sites is 2. The van der Waals surface area contributed by atoms with E-state index in [9.17, 15) is 0 Å². The molecule has 1 heterocycles. The number of benzene rings is 9. The Morgan fingerprint density at radius 3 is 1.28 bits per heavy atom. The Morgan fingerprint density at radius 2 is 0.667 bits per heavy atom. The summed E-state index contributed by atoms with van der Waals surface area (Å²) in [6.45, 7) is 0. The van der Waals surface area contributed by atoms with Gasteiger partial charge < -0.3 is 9.32 Å². The van der Waals surface area contributed by atoms with Crippen molar-refractivity contribution in [2.24, 2.45) is 0 Å². The van der Waals surface area contributed by atoms with Gasteiger partial charge in [-0.1, -0.05) is 170 Å². The van der Waals surface area contributed by atoms with Gasteiger partial charge in [0, 0.05) is 38.8 Å². The standard InChI is InChI=1S/C52H35NO/c1-4-13-36(14-5-1)37-23-25-38(26-24-37)39-27-31-43(32-28-39)53(42-17-8-3-9-18-42)44-33-29-41(30-34-44)45-21-12-22-48-50-35-49(40-15-6-2-7-16-40)46-19-10-11-20-47(46)52(50)54-51(45)48/h1-35H. The maximum atomic E-state index is 6.82. The van der Waals surface area contributed by atoms with Crippen molar-refractivity contribution in [2.75, 3.05) is 4.90 Å². The van der Waals surface area contributed by atoms with Gasteiger partial charge >= 0.3 is 0 Å². The van der Waals surface area contributed by atoms with E-state index >= 15 is 0 Å². The quantitative estimate of drug-likeness (QED) is 0.166. The van der Waals surface area contributed by atoms with Gasteiger partial charge in [0.2, 0.25) is 0 Å². The number of anilines is 3. The van der Waals surface area contributed by atoms with E-state index in [1.54, 1.807) is 0 Å². The van der Waals surface area contributed by atoms with Gasteiger partial charge in [-0.15, -0.1) is 0 Å². The summed E-state index contributed by atoms with van der Waals surface area (Å²) >= 11 is 0. The molecule has 2 heteroatoms. The van der Waals surface area contributed by atoms with Crippen molar-refractivity contribution < 1.29 is 4.42 Å². The molecule has 0 aliphatic carbocycles. The predicted molar refractivity (Wildman–Crippen MR) is 228 cm³/mol. The largest absolute Gasteiger partial charge is 0.455 e. The molecule has 0 fully saturated rings. The SMILES string of the molecule is c1ccc(-c2ccc(-c3ccc(N(c4ccccc4)c4ccc(-c5cccc6c5oc5c7ccccc7c(-c7ccccc7)cc65)cc4)cc3)cc2)cc1. The molecule has 0 radical (unpaired) electrons. The summed E-state index contributed by atoms with van der Waals surface area (Å²) in [5.74, 6) is 0. The highest BCUT2D eigenvalue weighted by Crippen LogP contribution is 2.43. The summed E-state index contributed by atoms with van der Waals surface area (Å²) in [6.07, 6.45) is 0. The zero-order valence-electron chi connectivity index (χ0n) is 29.6. The Bertz CT molecular complexity index is 2880. The molecule has 54 heavy (non-hydrogen) atoms. The third kappa shape index (κ3) is 5.62. The Labute approximate surface area is 314 Å². The molecular formula is C52H35NO. The van der Waals surface area contributed by atoms with Crippen LogP contribution in [0.15, 0.2) is 217 Å². The lowest BCUT2D eigenvalue weighted by Gasteiger charge is -2.26. The lowest BCUT2D eigenvalue weighted by Crippen LogP contribution is -2.09. The number of fused-ring (bicyclic) bond motifs is 5. The van der Waals surface area contributed by atoms with E-state index < -0.39 is 0 Å². The summed E-state index contributed by atoms with van der Waals surface area (Å²) in [5, 5.41) is 4.57. The number of furan rings is 1. The maximum Gasteiger partial charge on any atom is 0.143 e. The van der Waals surface area contributed by atoms with Crippen molar-refractivity contribution in [3.8, 4) is 44.5 Å². The minimum absolute atomic E-state index is 0.905. The van der Waals surface area contributed by atoms with Gasteiger partial charge in [0.05, 0.1) is 0 Å². The molecule has 0 aliphatic rings. The summed E-state index contributed by atoms with van der Waals surface area (Å²) in [7, 11) is 0. The number of hydrogen-bond donors (Lipinski definition) is 0. The molecule has 2 nitrogen and oxygen atoms in total. The van der Waals surface area contributed by atoms with E-state index in [0.29, 0.717) is 0 Å². The zero-order valence-corrected chi connectivity index (χ0v) is 29.6. The molecule has 1 aromatic heterocycles. The zero-order chi connectivity index (χ0) is 35.8. The van der Waals surface area contributed by atoms with E-state index in [1.807, 2.05) is 0 Å². The maximum absolute atomic E-state index is 6.82. The summed E-state index contributed by atoms with van der Waals surface area (Å²) in [6, 6.07) is 75.6. The lowest BCUT2D eigenvalue weighted by molar-refractivity contribution is 0.674. The number of rotatable bonds is 7. The van der Waals surface area contributed by atoms with Crippen LogP contribution in [0.4, 0.5) is 17.1 Å². The van der Waals surface area contributed by atoms with E-state index in [4.69, 9.17) is 4.42 Å². The molecule has 10 rings (SSSR count). The highest BCUT2D eigenvalue weighted by atomic mass is 16.3. The summed E-state index contributed by atoms with van der Waals surface area (Å²) < 4.78 is 6.82. The van der Waals surface area contributed by atoms with Crippen molar-refractivity contribution >= 4 is 49.8 Å². The van der Waals surface area contributed by atoms with Crippen LogP contribution >= 0.6 is 0 Å². The molecule has 254 valence electrons. The van der Waals surface area contributed by atoms with Crippen LogP contribution < -0.4 is 4.90 Å². The molecule has 0 atom stereocenters. The van der Waals surface area contributed by atoms with Crippen molar-refractivity contribution in [3.05, 3.63) is 212 Å². The molecule has 0 unspecified atom stereocenters. The van der Waals surface area contributed by atoms with Crippen molar-refractivity contribution in [3.63, 3.8) is 0 Å². The molecule has 0 saturated carbocycles. The lowest BCUT2D eigenvalue weighted by atomic mass is 9.95. The number of nitrogens with zero attached hydrogens (tertiary/aromatic N) is 1. The first-order valence-corrected chi connectivity index (χ1v) is 18.4. The van der Waals surface area contributed by atoms with Gasteiger partial charge in [-0.05, 0) is 86.8 Å². The van der Waals surface area contributed by atoms with Crippen LogP contribution in [0.25, 0.3) is 77.2 Å². The van der Waals surface area contributed by atoms with E-state index in [-0.39, 0.29) is 0 Å². The summed E-state index contributed by atoms with van der Waals surface area (Å²) in [4.78, 5) is 2.31. The predicted octanol–water partition coefficient (Wildman–Crippen LogP) is 14.9. The van der Waals surface area contributed by atoms with Crippen LogP contribution in [0.2, 0.25) is 0 Å². The second-order valence-corrected chi connectivity index (χ2v) is 13.7. The minimum atomic E-state index is 0.905. The van der Waals surface area contributed by atoms with Crippen LogP contribution in [0.1, 0.15) is 0 Å². The molecule has 10 aromatic rings. The second-order valence-electron chi connectivity index (χ2n) is 13.7. The fraction of sp³-hybridized carbons (Fsp3) is 0. The third-order valence-corrected chi connectivity index (χ3v) is 10.5. The summed E-state index contributed by atoms with van der Waals surface area (Å²) in [5.41, 5.74) is 14.5. The normalized spacial score (nSPS) is 11.3. The topological polar surface area (TPSA) is 16.4 Å². The number of hydrogen-bond acceptors (Lipinski definition) is 2. The van der Waals surface area contributed by atoms with Crippen molar-refractivity contribution in [1.29, 1.82) is 0 Å².